The zero-order chi connectivity index (χ0) is 19.2. The van der Waals surface area contributed by atoms with Crippen molar-refractivity contribution in [1.82, 2.24) is 4.98 Å². The first-order valence-electron chi connectivity index (χ1n) is 8.59. The first kappa shape index (κ1) is 19.0. The number of anilines is 1. The average Bonchev–Trinajstić information content (AvgIpc) is 3.14. The molecule has 0 spiro atoms. The summed E-state index contributed by atoms with van der Waals surface area (Å²) in [4.78, 5) is 27.1. The molecule has 27 heavy (non-hydrogen) atoms. The third-order valence-corrected chi connectivity index (χ3v) is 4.42. The number of hydrogen-bond donors (Lipinski definition) is 2. The fraction of sp³-hybridized carbons (Fsp3) is 0.316. The highest BCUT2D eigenvalue weighted by atomic mass is 35.5. The van der Waals surface area contributed by atoms with Crippen molar-refractivity contribution in [3.8, 4) is 11.6 Å². The maximum absolute atomic E-state index is 12.3. The number of amides is 1. The Morgan fingerprint density at radius 1 is 1.22 bits per heavy atom. The highest BCUT2D eigenvalue weighted by Crippen LogP contribution is 2.28. The third-order valence-electron chi connectivity index (χ3n) is 4.13. The van der Waals surface area contributed by atoms with E-state index in [1.54, 1.807) is 18.2 Å². The Kier molecular flexibility index (Phi) is 6.13. The molecule has 1 saturated carbocycles. The number of aliphatic carboxylic acids is 1. The van der Waals surface area contributed by atoms with Crippen molar-refractivity contribution in [2.24, 2.45) is 0 Å². The van der Waals surface area contributed by atoms with E-state index in [1.807, 2.05) is 0 Å². The topological polar surface area (TPSA) is 97.8 Å². The Morgan fingerprint density at radius 2 is 2.00 bits per heavy atom. The number of halogens is 1. The number of nitrogens with zero attached hydrogens (tertiary/aromatic N) is 1. The molecule has 8 heteroatoms. The first-order chi connectivity index (χ1) is 13.0. The molecule has 2 aromatic rings. The van der Waals surface area contributed by atoms with E-state index in [4.69, 9.17) is 26.2 Å². The predicted molar refractivity (Wildman–Crippen MR) is 99.7 cm³/mol. The van der Waals surface area contributed by atoms with Crippen LogP contribution in [0.4, 0.5) is 5.69 Å². The number of pyridine rings is 1. The number of carbonyl (C=O) groups excluding carboxylic acids is 1. The number of benzene rings is 1. The Morgan fingerprint density at radius 3 is 2.63 bits per heavy atom. The molecule has 1 heterocycles. The van der Waals surface area contributed by atoms with E-state index in [2.05, 4.69) is 10.3 Å². The molecule has 1 aliphatic carbocycles. The van der Waals surface area contributed by atoms with Gasteiger partial charge in [0.1, 0.15) is 11.9 Å². The smallest absolute Gasteiger partial charge is 0.341 e. The Bertz CT molecular complexity index is 819. The highest BCUT2D eigenvalue weighted by Gasteiger charge is 2.17. The van der Waals surface area contributed by atoms with Crippen molar-refractivity contribution >= 4 is 29.2 Å². The molecular formula is C19H19ClN2O5. The SMILES string of the molecule is O=C(O)COc1ccc(NC(=O)c2ccc(OC3CCCC3)nc2)cc1Cl. The minimum absolute atomic E-state index is 0.201. The minimum Gasteiger partial charge on any atom is -0.480 e. The molecule has 0 unspecified atom stereocenters. The van der Waals surface area contributed by atoms with E-state index in [1.165, 1.54) is 31.2 Å². The van der Waals surface area contributed by atoms with Gasteiger partial charge in [0.15, 0.2) is 6.61 Å². The summed E-state index contributed by atoms with van der Waals surface area (Å²) in [6, 6.07) is 7.90. The van der Waals surface area contributed by atoms with Crippen LogP contribution >= 0.6 is 11.6 Å². The Hall–Kier alpha value is -2.80. The lowest BCUT2D eigenvalue weighted by Gasteiger charge is -2.12. The second kappa shape index (κ2) is 8.73. The van der Waals surface area contributed by atoms with Gasteiger partial charge < -0.3 is 19.9 Å². The summed E-state index contributed by atoms with van der Waals surface area (Å²) in [5, 5.41) is 11.5. The highest BCUT2D eigenvalue weighted by molar-refractivity contribution is 6.32. The molecule has 3 rings (SSSR count). The lowest BCUT2D eigenvalue weighted by Crippen LogP contribution is -2.14. The summed E-state index contributed by atoms with van der Waals surface area (Å²) in [5.41, 5.74) is 0.843. The Balaban J connectivity index is 1.59. The van der Waals surface area contributed by atoms with Crippen molar-refractivity contribution in [3.05, 3.63) is 47.1 Å². The summed E-state index contributed by atoms with van der Waals surface area (Å²) in [6.07, 6.45) is 6.10. The van der Waals surface area contributed by atoms with Gasteiger partial charge in [-0.25, -0.2) is 9.78 Å². The lowest BCUT2D eigenvalue weighted by molar-refractivity contribution is -0.139. The molecule has 1 aromatic carbocycles. The molecule has 1 aliphatic rings. The fourth-order valence-corrected chi connectivity index (χ4v) is 3.03. The van der Waals surface area contributed by atoms with Crippen molar-refractivity contribution in [2.45, 2.75) is 31.8 Å². The monoisotopic (exact) mass is 390 g/mol. The molecular weight excluding hydrogens is 372 g/mol. The van der Waals surface area contributed by atoms with Crippen LogP contribution in [0.3, 0.4) is 0 Å². The number of carboxylic acids is 1. The predicted octanol–water partition coefficient (Wildman–Crippen LogP) is 3.77. The number of rotatable bonds is 7. The summed E-state index contributed by atoms with van der Waals surface area (Å²) in [7, 11) is 0. The van der Waals surface area contributed by atoms with Crippen LogP contribution in [-0.2, 0) is 4.79 Å². The van der Waals surface area contributed by atoms with Crippen LogP contribution in [0.25, 0.3) is 0 Å². The van der Waals surface area contributed by atoms with Crippen molar-refractivity contribution in [2.75, 3.05) is 11.9 Å². The zero-order valence-corrected chi connectivity index (χ0v) is 15.2. The van der Waals surface area contributed by atoms with Crippen molar-refractivity contribution in [3.63, 3.8) is 0 Å². The van der Waals surface area contributed by atoms with E-state index in [0.717, 1.165) is 12.8 Å². The fourth-order valence-electron chi connectivity index (χ4n) is 2.80. The molecule has 0 saturated heterocycles. The van der Waals surface area contributed by atoms with Crippen LogP contribution in [0.2, 0.25) is 5.02 Å². The van der Waals surface area contributed by atoms with Gasteiger partial charge in [-0.1, -0.05) is 11.6 Å². The van der Waals surface area contributed by atoms with Crippen LogP contribution in [0.15, 0.2) is 36.5 Å². The van der Waals surface area contributed by atoms with E-state index in [-0.39, 0.29) is 22.8 Å². The largest absolute Gasteiger partial charge is 0.480 e. The second-order valence-corrected chi connectivity index (χ2v) is 6.60. The summed E-state index contributed by atoms with van der Waals surface area (Å²) >= 11 is 6.05. The average molecular weight is 391 g/mol. The van der Waals surface area contributed by atoms with Crippen LogP contribution < -0.4 is 14.8 Å². The molecule has 0 aliphatic heterocycles. The van der Waals surface area contributed by atoms with Gasteiger partial charge in [-0.15, -0.1) is 0 Å². The lowest BCUT2D eigenvalue weighted by atomic mass is 10.2. The minimum atomic E-state index is -1.10. The molecule has 0 radical (unpaired) electrons. The number of carbonyl (C=O) groups is 2. The van der Waals surface area contributed by atoms with Crippen LogP contribution in [0.5, 0.6) is 11.6 Å². The number of hydrogen-bond acceptors (Lipinski definition) is 5. The van der Waals surface area contributed by atoms with Gasteiger partial charge in [-0.05, 0) is 49.9 Å². The molecule has 1 fully saturated rings. The molecule has 1 aromatic heterocycles. The maximum atomic E-state index is 12.3. The molecule has 7 nitrogen and oxygen atoms in total. The number of ether oxygens (including phenoxy) is 2. The standard InChI is InChI=1S/C19H19ClN2O5/c20-15-9-13(6-7-16(15)26-11-18(23)24)22-19(25)12-5-8-17(21-10-12)27-14-3-1-2-4-14/h5-10,14H,1-4,11H2,(H,22,25)(H,23,24). The van der Waals surface area contributed by atoms with Crippen molar-refractivity contribution < 1.29 is 24.2 Å². The van der Waals surface area contributed by atoms with Crippen LogP contribution in [-0.4, -0.2) is 34.7 Å². The van der Waals surface area contributed by atoms with Gasteiger partial charge in [-0.3, -0.25) is 4.79 Å². The quantitative estimate of drug-likeness (QED) is 0.746. The molecule has 2 N–H and O–H groups in total. The first-order valence-corrected chi connectivity index (χ1v) is 8.97. The van der Waals surface area contributed by atoms with E-state index < -0.39 is 12.6 Å². The van der Waals surface area contributed by atoms with Gasteiger partial charge in [0.25, 0.3) is 5.91 Å². The zero-order valence-electron chi connectivity index (χ0n) is 14.5. The molecule has 142 valence electrons. The summed E-state index contributed by atoms with van der Waals surface area (Å²) in [5.74, 6) is -0.699. The van der Waals surface area contributed by atoms with E-state index >= 15 is 0 Å². The van der Waals surface area contributed by atoms with Crippen LogP contribution in [0.1, 0.15) is 36.0 Å². The summed E-state index contributed by atoms with van der Waals surface area (Å²) < 4.78 is 10.8. The van der Waals surface area contributed by atoms with Gasteiger partial charge in [-0.2, -0.15) is 0 Å². The van der Waals surface area contributed by atoms with Gasteiger partial charge in [0.2, 0.25) is 5.88 Å². The number of carboxylic acid groups (broad SMARTS) is 1. The molecule has 0 bridgehead atoms. The number of nitrogens with one attached hydrogen (secondary N) is 1. The normalized spacial score (nSPS) is 14.0. The van der Waals surface area contributed by atoms with Crippen molar-refractivity contribution in [1.29, 1.82) is 0 Å². The number of aromatic nitrogens is 1. The molecule has 0 atom stereocenters. The third kappa shape index (κ3) is 5.34. The van der Waals surface area contributed by atoms with E-state index in [0.29, 0.717) is 17.1 Å². The molecule has 1 amide bonds. The second-order valence-electron chi connectivity index (χ2n) is 6.19. The Labute approximate surface area is 161 Å². The van der Waals surface area contributed by atoms with E-state index in [9.17, 15) is 9.59 Å². The summed E-state index contributed by atoms with van der Waals surface area (Å²) in [6.45, 7) is -0.494. The van der Waals surface area contributed by atoms with Gasteiger partial charge in [0.05, 0.1) is 10.6 Å². The van der Waals surface area contributed by atoms with Gasteiger partial charge in [0, 0.05) is 18.0 Å². The van der Waals surface area contributed by atoms with Crippen LogP contribution in [0, 0.1) is 0 Å². The maximum Gasteiger partial charge on any atom is 0.341 e. The van der Waals surface area contributed by atoms with Gasteiger partial charge >= 0.3 is 5.97 Å².